The zero-order valence-electron chi connectivity index (χ0n) is 9.11. The number of carbonyl (C=O) groups excluding carboxylic acids is 1. The minimum atomic E-state index is -1.89. The van der Waals surface area contributed by atoms with E-state index in [1.807, 2.05) is 0 Å². The highest BCUT2D eigenvalue weighted by Gasteiger charge is 2.30. The molecule has 3 N–H and O–H groups in total. The largest absolute Gasteiger partial charge is 0.479 e. The molecule has 0 heterocycles. The quantitative estimate of drug-likeness (QED) is 0.514. The highest BCUT2D eigenvalue weighted by molar-refractivity contribution is 5.77. The summed E-state index contributed by atoms with van der Waals surface area (Å²) in [6, 6.07) is -0.643. The van der Waals surface area contributed by atoms with Crippen LogP contribution in [0.2, 0.25) is 0 Å². The van der Waals surface area contributed by atoms with Crippen molar-refractivity contribution >= 4 is 11.9 Å². The van der Waals surface area contributed by atoms with Crippen molar-refractivity contribution in [1.82, 2.24) is 5.32 Å². The zero-order valence-corrected chi connectivity index (χ0v) is 9.11. The van der Waals surface area contributed by atoms with Crippen LogP contribution in [0.15, 0.2) is 0 Å². The van der Waals surface area contributed by atoms with Crippen molar-refractivity contribution in [2.75, 3.05) is 13.2 Å². The Balaban J connectivity index is 4.05. The molecule has 6 nitrogen and oxygen atoms in total. The molecule has 0 aliphatic rings. The summed E-state index contributed by atoms with van der Waals surface area (Å²) >= 11 is 0. The summed E-state index contributed by atoms with van der Waals surface area (Å²) in [6.07, 6.45) is 0. The van der Waals surface area contributed by atoms with Crippen LogP contribution in [0.3, 0.4) is 0 Å². The third-order valence-electron chi connectivity index (χ3n) is 1.85. The topological polar surface area (TPSA) is 95.9 Å². The second-order valence-electron chi connectivity index (χ2n) is 3.43. The number of rotatable bonds is 6. The van der Waals surface area contributed by atoms with E-state index in [0.717, 1.165) is 6.92 Å². The van der Waals surface area contributed by atoms with Crippen LogP contribution in [-0.4, -0.2) is 46.9 Å². The van der Waals surface area contributed by atoms with E-state index in [1.165, 1.54) is 6.92 Å². The van der Waals surface area contributed by atoms with Gasteiger partial charge >= 0.3 is 11.9 Å². The summed E-state index contributed by atoms with van der Waals surface area (Å²) in [5.41, 5.74) is -1.89. The molecule has 15 heavy (non-hydrogen) atoms. The van der Waals surface area contributed by atoms with Gasteiger partial charge in [-0.25, -0.2) is 4.79 Å². The Morgan fingerprint density at radius 3 is 2.47 bits per heavy atom. The van der Waals surface area contributed by atoms with E-state index in [4.69, 9.17) is 9.84 Å². The molecule has 0 radical (unpaired) electrons. The van der Waals surface area contributed by atoms with Gasteiger partial charge in [0.2, 0.25) is 0 Å². The Morgan fingerprint density at radius 2 is 2.07 bits per heavy atom. The van der Waals surface area contributed by atoms with E-state index in [0.29, 0.717) is 0 Å². The molecule has 0 aliphatic carbocycles. The molecule has 0 spiro atoms. The average Bonchev–Trinajstić information content (AvgIpc) is 2.14. The Kier molecular flexibility index (Phi) is 5.24. The monoisotopic (exact) mass is 219 g/mol. The third-order valence-corrected chi connectivity index (χ3v) is 1.85. The molecule has 2 unspecified atom stereocenters. The number of aliphatic hydroxyl groups is 1. The lowest BCUT2D eigenvalue weighted by Gasteiger charge is -2.20. The summed E-state index contributed by atoms with van der Waals surface area (Å²) in [5.74, 6) is -1.82. The van der Waals surface area contributed by atoms with Crippen molar-refractivity contribution in [3.05, 3.63) is 0 Å². The first kappa shape index (κ1) is 13.9. The Bertz CT molecular complexity index is 239. The van der Waals surface area contributed by atoms with Crippen molar-refractivity contribution in [3.63, 3.8) is 0 Å². The molecule has 6 heteroatoms. The SMILES string of the molecule is CCOC(=O)C(C)NCC(C)(O)C(=O)O. The van der Waals surface area contributed by atoms with Crippen molar-refractivity contribution < 1.29 is 24.5 Å². The molecular formula is C9H17NO5. The van der Waals surface area contributed by atoms with Gasteiger partial charge in [-0.05, 0) is 20.8 Å². The van der Waals surface area contributed by atoms with Crippen molar-refractivity contribution in [1.29, 1.82) is 0 Å². The molecule has 0 saturated heterocycles. The number of hydrogen-bond donors (Lipinski definition) is 3. The molecule has 0 bridgehead atoms. The molecule has 0 saturated carbocycles. The Hall–Kier alpha value is -1.14. The summed E-state index contributed by atoms with van der Waals surface area (Å²) in [5, 5.41) is 20.5. The fourth-order valence-corrected chi connectivity index (χ4v) is 0.778. The third kappa shape index (κ3) is 4.75. The predicted octanol–water partition coefficient (Wildman–Crippen LogP) is -0.637. The van der Waals surface area contributed by atoms with Gasteiger partial charge in [-0.1, -0.05) is 0 Å². The summed E-state index contributed by atoms with van der Waals surface area (Å²) in [7, 11) is 0. The van der Waals surface area contributed by atoms with E-state index < -0.39 is 23.6 Å². The van der Waals surface area contributed by atoms with E-state index in [9.17, 15) is 14.7 Å². The van der Waals surface area contributed by atoms with Crippen molar-refractivity contribution in [2.45, 2.75) is 32.4 Å². The minimum Gasteiger partial charge on any atom is -0.479 e. The van der Waals surface area contributed by atoms with Gasteiger partial charge in [0.25, 0.3) is 0 Å². The second-order valence-corrected chi connectivity index (χ2v) is 3.43. The van der Waals surface area contributed by atoms with Crippen molar-refractivity contribution in [3.8, 4) is 0 Å². The van der Waals surface area contributed by atoms with Gasteiger partial charge in [0.15, 0.2) is 5.60 Å². The number of carboxylic acids is 1. The first-order valence-corrected chi connectivity index (χ1v) is 4.67. The van der Waals surface area contributed by atoms with E-state index in [2.05, 4.69) is 5.32 Å². The number of ether oxygens (including phenoxy) is 1. The van der Waals surface area contributed by atoms with Gasteiger partial charge in [-0.3, -0.25) is 4.79 Å². The standard InChI is InChI=1S/C9H17NO5/c1-4-15-7(11)6(2)10-5-9(3,14)8(12)13/h6,10,14H,4-5H2,1-3H3,(H,12,13). The van der Waals surface area contributed by atoms with Gasteiger partial charge in [-0.2, -0.15) is 0 Å². The number of carboxylic acid groups (broad SMARTS) is 1. The fourth-order valence-electron chi connectivity index (χ4n) is 0.778. The minimum absolute atomic E-state index is 0.220. The van der Waals surface area contributed by atoms with Crippen LogP contribution >= 0.6 is 0 Å². The number of carbonyl (C=O) groups is 2. The van der Waals surface area contributed by atoms with E-state index >= 15 is 0 Å². The number of hydrogen-bond acceptors (Lipinski definition) is 5. The first-order chi connectivity index (χ1) is 6.81. The molecule has 0 aromatic rings. The van der Waals surface area contributed by atoms with E-state index in [1.54, 1.807) is 6.92 Å². The van der Waals surface area contributed by atoms with Gasteiger partial charge in [0.1, 0.15) is 6.04 Å². The van der Waals surface area contributed by atoms with Crippen LogP contribution in [0.5, 0.6) is 0 Å². The maximum atomic E-state index is 11.1. The molecular weight excluding hydrogens is 202 g/mol. The predicted molar refractivity (Wildman–Crippen MR) is 52.4 cm³/mol. The van der Waals surface area contributed by atoms with Crippen molar-refractivity contribution in [2.24, 2.45) is 0 Å². The van der Waals surface area contributed by atoms with Crippen LogP contribution in [0.4, 0.5) is 0 Å². The molecule has 2 atom stereocenters. The van der Waals surface area contributed by atoms with Crippen LogP contribution in [0, 0.1) is 0 Å². The maximum Gasteiger partial charge on any atom is 0.336 e. The number of esters is 1. The van der Waals surface area contributed by atoms with Crippen LogP contribution in [0.1, 0.15) is 20.8 Å². The molecule has 0 amide bonds. The summed E-state index contributed by atoms with van der Waals surface area (Å²) in [4.78, 5) is 21.6. The molecule has 0 aromatic carbocycles. The normalized spacial score (nSPS) is 16.5. The summed E-state index contributed by atoms with van der Waals surface area (Å²) in [6.45, 7) is 4.41. The van der Waals surface area contributed by atoms with Crippen LogP contribution < -0.4 is 5.32 Å². The van der Waals surface area contributed by atoms with Crippen LogP contribution in [0.25, 0.3) is 0 Å². The van der Waals surface area contributed by atoms with Crippen LogP contribution in [-0.2, 0) is 14.3 Å². The molecule has 0 fully saturated rings. The zero-order chi connectivity index (χ0) is 12.1. The Morgan fingerprint density at radius 1 is 1.53 bits per heavy atom. The molecule has 88 valence electrons. The highest BCUT2D eigenvalue weighted by atomic mass is 16.5. The lowest BCUT2D eigenvalue weighted by atomic mass is 10.1. The Labute approximate surface area is 88.2 Å². The highest BCUT2D eigenvalue weighted by Crippen LogP contribution is 2.01. The lowest BCUT2D eigenvalue weighted by Crippen LogP contribution is -2.49. The number of nitrogens with one attached hydrogen (secondary N) is 1. The van der Waals surface area contributed by atoms with Gasteiger partial charge in [0.05, 0.1) is 6.61 Å². The molecule has 0 rings (SSSR count). The molecule has 0 aromatic heterocycles. The number of aliphatic carboxylic acids is 1. The average molecular weight is 219 g/mol. The second kappa shape index (κ2) is 5.67. The smallest absolute Gasteiger partial charge is 0.336 e. The van der Waals surface area contributed by atoms with Gasteiger partial charge in [-0.15, -0.1) is 0 Å². The fraction of sp³-hybridized carbons (Fsp3) is 0.778. The summed E-state index contributed by atoms with van der Waals surface area (Å²) < 4.78 is 4.70. The lowest BCUT2D eigenvalue weighted by molar-refractivity contribution is -0.157. The van der Waals surface area contributed by atoms with E-state index in [-0.39, 0.29) is 13.2 Å². The maximum absolute atomic E-state index is 11.1. The first-order valence-electron chi connectivity index (χ1n) is 4.67. The molecule has 0 aliphatic heterocycles. The van der Waals surface area contributed by atoms with Gasteiger partial charge in [0, 0.05) is 6.54 Å². The van der Waals surface area contributed by atoms with Gasteiger partial charge < -0.3 is 20.3 Å².